The number of hydrogen-bond donors (Lipinski definition) is 2. The Morgan fingerprint density at radius 2 is 2.19 bits per heavy atom. The summed E-state index contributed by atoms with van der Waals surface area (Å²) in [6, 6.07) is 5.33. The van der Waals surface area contributed by atoms with E-state index >= 15 is 0 Å². The van der Waals surface area contributed by atoms with Crippen molar-refractivity contribution in [3.05, 3.63) is 23.8 Å². The summed E-state index contributed by atoms with van der Waals surface area (Å²) in [5.74, 6) is 1.12. The lowest BCUT2D eigenvalue weighted by molar-refractivity contribution is 0.206. The second-order valence-electron chi connectivity index (χ2n) is 4.76. The molecule has 1 aliphatic rings. The molecule has 0 unspecified atom stereocenters. The van der Waals surface area contributed by atoms with Crippen molar-refractivity contribution in [2.24, 2.45) is 0 Å². The smallest absolute Gasteiger partial charge is 0.120 e. The van der Waals surface area contributed by atoms with Crippen molar-refractivity contribution in [1.29, 1.82) is 0 Å². The maximum atomic E-state index is 9.72. The van der Waals surface area contributed by atoms with Gasteiger partial charge in [-0.2, -0.15) is 0 Å². The highest BCUT2D eigenvalue weighted by molar-refractivity contribution is 5.39. The van der Waals surface area contributed by atoms with E-state index in [9.17, 15) is 5.11 Å². The molecule has 0 saturated heterocycles. The number of phenolic OH excluding ortho intramolecular Hbond substituents is 1. The molecule has 2 rings (SSSR count). The SMILES string of the molecule is COc1ccc(O)c(CNC2(C)CCC2)c1. The van der Waals surface area contributed by atoms with Crippen molar-refractivity contribution in [1.82, 2.24) is 5.32 Å². The lowest BCUT2D eigenvalue weighted by Gasteiger charge is -2.39. The van der Waals surface area contributed by atoms with Crippen LogP contribution in [0.3, 0.4) is 0 Å². The van der Waals surface area contributed by atoms with Crippen LogP contribution in [0.2, 0.25) is 0 Å². The summed E-state index contributed by atoms with van der Waals surface area (Å²) in [6.07, 6.45) is 3.74. The zero-order valence-electron chi connectivity index (χ0n) is 9.92. The molecule has 1 aliphatic carbocycles. The van der Waals surface area contributed by atoms with Crippen LogP contribution in [0.1, 0.15) is 31.7 Å². The number of rotatable bonds is 4. The predicted octanol–water partition coefficient (Wildman–Crippen LogP) is 2.43. The third kappa shape index (κ3) is 2.30. The zero-order chi connectivity index (χ0) is 11.6. The first-order valence-electron chi connectivity index (χ1n) is 5.74. The van der Waals surface area contributed by atoms with E-state index in [0.29, 0.717) is 12.3 Å². The molecule has 0 spiro atoms. The van der Waals surface area contributed by atoms with Crippen LogP contribution in [0.25, 0.3) is 0 Å². The van der Waals surface area contributed by atoms with E-state index in [2.05, 4.69) is 12.2 Å². The monoisotopic (exact) mass is 221 g/mol. The molecule has 0 aromatic heterocycles. The highest BCUT2D eigenvalue weighted by atomic mass is 16.5. The van der Waals surface area contributed by atoms with Gasteiger partial charge in [0.25, 0.3) is 0 Å². The minimum atomic E-state index is 0.259. The fourth-order valence-electron chi connectivity index (χ4n) is 2.02. The molecule has 0 heterocycles. The van der Waals surface area contributed by atoms with Gasteiger partial charge in [0.1, 0.15) is 11.5 Å². The maximum Gasteiger partial charge on any atom is 0.120 e. The second kappa shape index (κ2) is 4.34. The Morgan fingerprint density at radius 1 is 1.44 bits per heavy atom. The summed E-state index contributed by atoms with van der Waals surface area (Å²) >= 11 is 0. The number of ether oxygens (including phenoxy) is 1. The second-order valence-corrected chi connectivity index (χ2v) is 4.76. The standard InChI is InChI=1S/C13H19NO2/c1-13(6-3-7-13)14-9-10-8-11(16-2)4-5-12(10)15/h4-5,8,14-15H,3,6-7,9H2,1-2H3. The van der Waals surface area contributed by atoms with E-state index in [1.54, 1.807) is 19.2 Å². The molecule has 1 fully saturated rings. The van der Waals surface area contributed by atoms with E-state index in [1.165, 1.54) is 19.3 Å². The van der Waals surface area contributed by atoms with Crippen LogP contribution in [0.15, 0.2) is 18.2 Å². The van der Waals surface area contributed by atoms with E-state index in [-0.39, 0.29) is 5.54 Å². The van der Waals surface area contributed by atoms with Crippen molar-refractivity contribution in [2.75, 3.05) is 7.11 Å². The van der Waals surface area contributed by atoms with Gasteiger partial charge in [-0.05, 0) is 44.4 Å². The molecule has 0 aliphatic heterocycles. The number of aromatic hydroxyl groups is 1. The first kappa shape index (κ1) is 11.3. The van der Waals surface area contributed by atoms with E-state index < -0.39 is 0 Å². The molecule has 0 radical (unpaired) electrons. The summed E-state index contributed by atoms with van der Waals surface area (Å²) in [5, 5.41) is 13.2. The van der Waals surface area contributed by atoms with Crippen molar-refractivity contribution in [3.8, 4) is 11.5 Å². The Labute approximate surface area is 96.4 Å². The van der Waals surface area contributed by atoms with Crippen LogP contribution in [0, 0.1) is 0 Å². The highest BCUT2D eigenvalue weighted by Crippen LogP contribution is 2.32. The minimum absolute atomic E-state index is 0.259. The van der Waals surface area contributed by atoms with E-state index in [0.717, 1.165) is 11.3 Å². The molecule has 1 aromatic carbocycles. The first-order valence-corrected chi connectivity index (χ1v) is 5.74. The van der Waals surface area contributed by atoms with Gasteiger partial charge in [0.2, 0.25) is 0 Å². The van der Waals surface area contributed by atoms with Crippen molar-refractivity contribution >= 4 is 0 Å². The molecule has 16 heavy (non-hydrogen) atoms. The number of nitrogens with one attached hydrogen (secondary N) is 1. The Kier molecular flexibility index (Phi) is 3.06. The molecule has 0 bridgehead atoms. The van der Waals surface area contributed by atoms with Crippen LogP contribution in [-0.4, -0.2) is 17.8 Å². The topological polar surface area (TPSA) is 41.5 Å². The minimum Gasteiger partial charge on any atom is -0.508 e. The zero-order valence-corrected chi connectivity index (χ0v) is 9.92. The first-order chi connectivity index (χ1) is 7.63. The Hall–Kier alpha value is -1.22. The third-order valence-corrected chi connectivity index (χ3v) is 3.45. The van der Waals surface area contributed by atoms with Crippen LogP contribution in [0.4, 0.5) is 0 Å². The molecule has 88 valence electrons. The summed E-state index contributed by atoms with van der Waals surface area (Å²) in [5.41, 5.74) is 1.16. The van der Waals surface area contributed by atoms with Gasteiger partial charge in [0.15, 0.2) is 0 Å². The van der Waals surface area contributed by atoms with Crippen molar-refractivity contribution in [3.63, 3.8) is 0 Å². The largest absolute Gasteiger partial charge is 0.508 e. The molecule has 0 atom stereocenters. The van der Waals surface area contributed by atoms with Gasteiger partial charge >= 0.3 is 0 Å². The van der Waals surface area contributed by atoms with Gasteiger partial charge in [-0.15, -0.1) is 0 Å². The Bertz CT molecular complexity index is 372. The number of hydrogen-bond acceptors (Lipinski definition) is 3. The van der Waals surface area contributed by atoms with Crippen LogP contribution < -0.4 is 10.1 Å². The molecule has 3 heteroatoms. The fourth-order valence-corrected chi connectivity index (χ4v) is 2.02. The number of benzene rings is 1. The van der Waals surface area contributed by atoms with Crippen LogP contribution in [-0.2, 0) is 6.54 Å². The van der Waals surface area contributed by atoms with Crippen molar-refractivity contribution < 1.29 is 9.84 Å². The van der Waals surface area contributed by atoms with Crippen molar-refractivity contribution in [2.45, 2.75) is 38.3 Å². The lowest BCUT2D eigenvalue weighted by Crippen LogP contribution is -2.47. The predicted molar refractivity (Wildman–Crippen MR) is 63.8 cm³/mol. The number of phenols is 1. The highest BCUT2D eigenvalue weighted by Gasteiger charge is 2.30. The summed E-state index contributed by atoms with van der Waals surface area (Å²) in [6.45, 7) is 2.92. The summed E-state index contributed by atoms with van der Waals surface area (Å²) in [4.78, 5) is 0. The lowest BCUT2D eigenvalue weighted by atomic mass is 9.78. The summed E-state index contributed by atoms with van der Waals surface area (Å²) in [7, 11) is 1.64. The van der Waals surface area contributed by atoms with Gasteiger partial charge in [0, 0.05) is 17.6 Å². The van der Waals surface area contributed by atoms with Gasteiger partial charge in [-0.1, -0.05) is 0 Å². The average Bonchev–Trinajstić information content (AvgIpc) is 2.25. The van der Waals surface area contributed by atoms with E-state index in [1.807, 2.05) is 6.07 Å². The average molecular weight is 221 g/mol. The fraction of sp³-hybridized carbons (Fsp3) is 0.538. The Morgan fingerprint density at radius 3 is 2.75 bits per heavy atom. The summed E-state index contributed by atoms with van der Waals surface area (Å²) < 4.78 is 5.14. The van der Waals surface area contributed by atoms with Crippen LogP contribution >= 0.6 is 0 Å². The quantitative estimate of drug-likeness (QED) is 0.820. The third-order valence-electron chi connectivity index (χ3n) is 3.45. The number of methoxy groups -OCH3 is 1. The van der Waals surface area contributed by atoms with Crippen LogP contribution in [0.5, 0.6) is 11.5 Å². The Balaban J connectivity index is 2.02. The molecule has 2 N–H and O–H groups in total. The van der Waals surface area contributed by atoms with Gasteiger partial charge in [-0.25, -0.2) is 0 Å². The normalized spacial score (nSPS) is 17.9. The molecular weight excluding hydrogens is 202 g/mol. The van der Waals surface area contributed by atoms with Gasteiger partial charge in [0.05, 0.1) is 7.11 Å². The van der Waals surface area contributed by atoms with E-state index in [4.69, 9.17) is 4.74 Å². The molecule has 3 nitrogen and oxygen atoms in total. The van der Waals surface area contributed by atoms with Gasteiger partial charge < -0.3 is 15.2 Å². The molecule has 0 amide bonds. The molecule has 1 aromatic rings. The molecule has 1 saturated carbocycles. The molecular formula is C13H19NO2. The van der Waals surface area contributed by atoms with Gasteiger partial charge in [-0.3, -0.25) is 0 Å². The maximum absolute atomic E-state index is 9.72.